The maximum Gasteiger partial charge on any atom is 0.268 e. The van der Waals surface area contributed by atoms with Crippen molar-refractivity contribution in [3.63, 3.8) is 0 Å². The topological polar surface area (TPSA) is 80.6 Å². The Hall–Kier alpha value is -3.80. The van der Waals surface area contributed by atoms with Gasteiger partial charge in [-0.25, -0.2) is 0 Å². The number of rotatable bonds is 8. The Kier molecular flexibility index (Phi) is 7.49. The highest BCUT2D eigenvalue weighted by atomic mass is 16.5. The van der Waals surface area contributed by atoms with Gasteiger partial charge in [0.05, 0.1) is 12.8 Å². The van der Waals surface area contributed by atoms with Crippen LogP contribution in [0.3, 0.4) is 0 Å². The van der Waals surface area contributed by atoms with Crippen molar-refractivity contribution in [3.8, 4) is 5.75 Å². The number of furan rings is 1. The summed E-state index contributed by atoms with van der Waals surface area (Å²) in [7, 11) is 0. The molecule has 166 valence electrons. The molecule has 0 aliphatic heterocycles. The number of carbonyl (C=O) groups excluding carboxylic acids is 2. The van der Waals surface area contributed by atoms with Crippen molar-refractivity contribution >= 4 is 17.9 Å². The van der Waals surface area contributed by atoms with Crippen LogP contribution in [0, 0.1) is 0 Å². The third kappa shape index (κ3) is 6.60. The number of ether oxygens (including phenoxy) is 1. The normalized spacial score (nSPS) is 11.7. The zero-order chi connectivity index (χ0) is 23.0. The summed E-state index contributed by atoms with van der Waals surface area (Å²) in [4.78, 5) is 25.2. The van der Waals surface area contributed by atoms with E-state index in [0.29, 0.717) is 17.9 Å². The molecule has 0 radical (unpaired) electrons. The Labute approximate surface area is 188 Å². The van der Waals surface area contributed by atoms with Gasteiger partial charge in [-0.05, 0) is 47.4 Å². The van der Waals surface area contributed by atoms with Crippen LogP contribution in [-0.2, 0) is 10.2 Å². The first-order valence-electron chi connectivity index (χ1n) is 10.5. The fourth-order valence-corrected chi connectivity index (χ4v) is 2.94. The zero-order valence-corrected chi connectivity index (χ0v) is 18.6. The summed E-state index contributed by atoms with van der Waals surface area (Å²) < 4.78 is 11.0. The fourth-order valence-electron chi connectivity index (χ4n) is 2.94. The van der Waals surface area contributed by atoms with Gasteiger partial charge < -0.3 is 19.8 Å². The van der Waals surface area contributed by atoms with Gasteiger partial charge in [-0.15, -0.1) is 0 Å². The van der Waals surface area contributed by atoms with E-state index >= 15 is 0 Å². The lowest BCUT2D eigenvalue weighted by Crippen LogP contribution is -2.36. The molecule has 0 unspecified atom stereocenters. The third-order valence-corrected chi connectivity index (χ3v) is 4.74. The minimum Gasteiger partial charge on any atom is -0.492 e. The van der Waals surface area contributed by atoms with Crippen LogP contribution in [0.4, 0.5) is 0 Å². The summed E-state index contributed by atoms with van der Waals surface area (Å²) in [5, 5.41) is 5.43. The molecule has 0 bridgehead atoms. The van der Waals surface area contributed by atoms with Crippen molar-refractivity contribution in [3.05, 3.63) is 95.6 Å². The van der Waals surface area contributed by atoms with Gasteiger partial charge in [-0.3, -0.25) is 9.59 Å². The van der Waals surface area contributed by atoms with Crippen molar-refractivity contribution in [2.24, 2.45) is 0 Å². The average molecular weight is 433 g/mol. The Balaban J connectivity index is 1.57. The lowest BCUT2D eigenvalue weighted by Gasteiger charge is -2.19. The van der Waals surface area contributed by atoms with E-state index in [0.717, 1.165) is 5.75 Å². The van der Waals surface area contributed by atoms with E-state index in [9.17, 15) is 9.59 Å². The number of benzene rings is 2. The molecule has 0 spiro atoms. The van der Waals surface area contributed by atoms with E-state index in [1.807, 2.05) is 30.3 Å². The number of hydrogen-bond acceptors (Lipinski definition) is 4. The van der Waals surface area contributed by atoms with Crippen molar-refractivity contribution in [2.45, 2.75) is 26.2 Å². The van der Waals surface area contributed by atoms with Gasteiger partial charge in [0.25, 0.3) is 11.8 Å². The standard InChI is InChI=1S/C26H28N2O4/c1-26(2,3)20-11-13-21(14-12-20)32-17-15-27-25(30)23(18-22-10-7-16-31-22)28-24(29)19-8-5-4-6-9-19/h4-14,16,18H,15,17H2,1-3H3,(H,27,30)(H,28,29)/b23-18-. The van der Waals surface area contributed by atoms with Crippen LogP contribution in [0.15, 0.2) is 83.1 Å². The fraction of sp³-hybridized carbons (Fsp3) is 0.231. The smallest absolute Gasteiger partial charge is 0.268 e. The highest BCUT2D eigenvalue weighted by Gasteiger charge is 2.15. The molecule has 6 nitrogen and oxygen atoms in total. The van der Waals surface area contributed by atoms with Crippen LogP contribution >= 0.6 is 0 Å². The van der Waals surface area contributed by atoms with E-state index in [4.69, 9.17) is 9.15 Å². The molecule has 2 N–H and O–H groups in total. The minimum atomic E-state index is -0.433. The molecule has 1 heterocycles. The summed E-state index contributed by atoms with van der Waals surface area (Å²) in [6.45, 7) is 7.03. The summed E-state index contributed by atoms with van der Waals surface area (Å²) in [6.07, 6.45) is 2.99. The summed E-state index contributed by atoms with van der Waals surface area (Å²) in [5.41, 5.74) is 1.84. The van der Waals surface area contributed by atoms with Crippen LogP contribution in [0.1, 0.15) is 42.5 Å². The highest BCUT2D eigenvalue weighted by molar-refractivity contribution is 6.05. The first kappa shape index (κ1) is 22.9. The van der Waals surface area contributed by atoms with Crippen LogP contribution in [0.25, 0.3) is 6.08 Å². The first-order valence-corrected chi connectivity index (χ1v) is 10.5. The second-order valence-electron chi connectivity index (χ2n) is 8.27. The zero-order valence-electron chi connectivity index (χ0n) is 18.6. The molecule has 6 heteroatoms. The average Bonchev–Trinajstić information content (AvgIpc) is 3.29. The van der Waals surface area contributed by atoms with Gasteiger partial charge in [-0.1, -0.05) is 51.1 Å². The van der Waals surface area contributed by atoms with Gasteiger partial charge in [0.1, 0.15) is 23.8 Å². The van der Waals surface area contributed by atoms with Crippen molar-refractivity contribution in [1.29, 1.82) is 0 Å². The largest absolute Gasteiger partial charge is 0.492 e. The summed E-state index contributed by atoms with van der Waals surface area (Å²) in [5.74, 6) is 0.376. The Morgan fingerprint density at radius 3 is 2.31 bits per heavy atom. The lowest BCUT2D eigenvalue weighted by atomic mass is 9.87. The van der Waals surface area contributed by atoms with Gasteiger partial charge in [0.2, 0.25) is 0 Å². The monoisotopic (exact) mass is 432 g/mol. The van der Waals surface area contributed by atoms with E-state index in [2.05, 4.69) is 31.4 Å². The molecule has 0 fully saturated rings. The second kappa shape index (κ2) is 10.5. The van der Waals surface area contributed by atoms with E-state index < -0.39 is 5.91 Å². The maximum absolute atomic E-state index is 12.7. The molecule has 2 amide bonds. The number of hydrogen-bond donors (Lipinski definition) is 2. The number of nitrogens with one attached hydrogen (secondary N) is 2. The SMILES string of the molecule is CC(C)(C)c1ccc(OCCNC(=O)/C(=C/c2ccco2)NC(=O)c2ccccc2)cc1. The molecule has 0 saturated carbocycles. The van der Waals surface area contributed by atoms with E-state index in [1.54, 1.807) is 36.4 Å². The van der Waals surface area contributed by atoms with Crippen LogP contribution in [0.5, 0.6) is 5.75 Å². The Bertz CT molecular complexity index is 1050. The maximum atomic E-state index is 12.7. The number of amides is 2. The van der Waals surface area contributed by atoms with Gasteiger partial charge in [0.15, 0.2) is 0 Å². The van der Waals surface area contributed by atoms with Crippen LogP contribution in [-0.4, -0.2) is 25.0 Å². The first-order chi connectivity index (χ1) is 15.3. The van der Waals surface area contributed by atoms with Gasteiger partial charge in [0, 0.05) is 11.6 Å². The molecule has 3 rings (SSSR count). The lowest BCUT2D eigenvalue weighted by molar-refractivity contribution is -0.117. The molecule has 0 saturated heterocycles. The van der Waals surface area contributed by atoms with Crippen LogP contribution in [0.2, 0.25) is 0 Å². The van der Waals surface area contributed by atoms with Crippen molar-refractivity contribution < 1.29 is 18.7 Å². The van der Waals surface area contributed by atoms with E-state index in [-0.39, 0.29) is 23.6 Å². The third-order valence-electron chi connectivity index (χ3n) is 4.74. The summed E-state index contributed by atoms with van der Waals surface area (Å²) in [6, 6.07) is 20.0. The van der Waals surface area contributed by atoms with Crippen molar-refractivity contribution in [1.82, 2.24) is 10.6 Å². The minimum absolute atomic E-state index is 0.0768. The number of carbonyl (C=O) groups is 2. The molecule has 1 aromatic heterocycles. The quantitative estimate of drug-likeness (QED) is 0.404. The summed E-state index contributed by atoms with van der Waals surface area (Å²) >= 11 is 0. The Morgan fingerprint density at radius 1 is 0.969 bits per heavy atom. The van der Waals surface area contributed by atoms with E-state index in [1.165, 1.54) is 17.9 Å². The molecule has 0 atom stereocenters. The van der Waals surface area contributed by atoms with Gasteiger partial charge >= 0.3 is 0 Å². The van der Waals surface area contributed by atoms with Gasteiger partial charge in [-0.2, -0.15) is 0 Å². The molecule has 0 aliphatic rings. The second-order valence-corrected chi connectivity index (χ2v) is 8.27. The highest BCUT2D eigenvalue weighted by Crippen LogP contribution is 2.24. The molecule has 0 aliphatic carbocycles. The molecule has 3 aromatic rings. The van der Waals surface area contributed by atoms with Crippen LogP contribution < -0.4 is 15.4 Å². The molecular weight excluding hydrogens is 404 g/mol. The molecule has 2 aromatic carbocycles. The Morgan fingerprint density at radius 2 is 1.69 bits per heavy atom. The van der Waals surface area contributed by atoms with Crippen molar-refractivity contribution in [2.75, 3.05) is 13.2 Å². The predicted molar refractivity (Wildman–Crippen MR) is 124 cm³/mol. The molecule has 32 heavy (non-hydrogen) atoms. The molecular formula is C26H28N2O4. The predicted octanol–water partition coefficient (Wildman–Crippen LogP) is 4.54.